The van der Waals surface area contributed by atoms with Gasteiger partial charge in [-0.1, -0.05) is 0 Å². The molecule has 1 aliphatic carbocycles. The fourth-order valence-electron chi connectivity index (χ4n) is 2.87. The predicted molar refractivity (Wildman–Crippen MR) is 80.6 cm³/mol. The first kappa shape index (κ1) is 13.3. The third kappa shape index (κ3) is 1.89. The summed E-state index contributed by atoms with van der Waals surface area (Å²) < 4.78 is 1.92. The summed E-state index contributed by atoms with van der Waals surface area (Å²) in [6.45, 7) is 0.399. The highest BCUT2D eigenvalue weighted by Crippen LogP contribution is 2.42. The van der Waals surface area contributed by atoms with E-state index in [4.69, 9.17) is 5.73 Å². The molecule has 3 amide bonds. The first-order chi connectivity index (χ1) is 10.6. The van der Waals surface area contributed by atoms with Crippen LogP contribution in [0.4, 0.5) is 10.5 Å². The Labute approximate surface area is 127 Å². The lowest BCUT2D eigenvalue weighted by molar-refractivity contribution is -0.123. The van der Waals surface area contributed by atoms with Crippen LogP contribution in [-0.4, -0.2) is 39.8 Å². The molecule has 3 heterocycles. The number of anilines is 1. The highest BCUT2D eigenvalue weighted by atomic mass is 16.2. The van der Waals surface area contributed by atoms with Gasteiger partial charge in [0.2, 0.25) is 5.91 Å². The maximum atomic E-state index is 12.3. The number of hydrogen-bond donors (Lipinski definition) is 1. The number of imide groups is 1. The summed E-state index contributed by atoms with van der Waals surface area (Å²) in [6, 6.07) is 1.68. The zero-order valence-corrected chi connectivity index (χ0v) is 12.3. The van der Waals surface area contributed by atoms with Crippen LogP contribution in [-0.2, 0) is 11.3 Å². The van der Waals surface area contributed by atoms with Crippen LogP contribution >= 0.6 is 0 Å². The molecule has 4 rings (SSSR count). The Balaban J connectivity index is 1.89. The van der Waals surface area contributed by atoms with Gasteiger partial charge in [0.25, 0.3) is 0 Å². The number of nitrogens with zero attached hydrogens (tertiary/aromatic N) is 4. The molecule has 1 saturated carbocycles. The summed E-state index contributed by atoms with van der Waals surface area (Å²) in [5.74, 6) is 0.337. The second-order valence-electron chi connectivity index (χ2n) is 5.92. The van der Waals surface area contributed by atoms with Crippen molar-refractivity contribution in [1.82, 2.24) is 14.3 Å². The molecule has 0 radical (unpaired) electrons. The number of carbonyl (C=O) groups is 2. The number of fused-ring (bicyclic) bond motifs is 1. The molecule has 1 aliphatic heterocycles. The van der Waals surface area contributed by atoms with E-state index in [9.17, 15) is 9.59 Å². The summed E-state index contributed by atoms with van der Waals surface area (Å²) >= 11 is 0. The Morgan fingerprint density at radius 2 is 2.09 bits per heavy atom. The molecule has 0 spiro atoms. The Hall–Kier alpha value is -2.41. The van der Waals surface area contributed by atoms with Gasteiger partial charge in [0.05, 0.1) is 11.4 Å². The number of imidazole rings is 1. The van der Waals surface area contributed by atoms with Crippen LogP contribution in [0.15, 0.2) is 18.5 Å². The van der Waals surface area contributed by atoms with Gasteiger partial charge in [0.1, 0.15) is 6.54 Å². The van der Waals surface area contributed by atoms with E-state index in [2.05, 4.69) is 11.2 Å². The predicted octanol–water partition coefficient (Wildman–Crippen LogP) is 1.07. The SMILES string of the molecule is CN1C(=O)CN(c2cc(C3CC3)cn3cc(CN)nc23)C1=O. The third-order valence-corrected chi connectivity index (χ3v) is 4.34. The summed E-state index contributed by atoms with van der Waals surface area (Å²) in [5.41, 5.74) is 8.98. The average Bonchev–Trinajstić information content (AvgIpc) is 3.23. The zero-order valence-electron chi connectivity index (χ0n) is 12.3. The Bertz CT molecular complexity index is 793. The van der Waals surface area contributed by atoms with E-state index in [1.54, 1.807) is 0 Å². The van der Waals surface area contributed by atoms with Gasteiger partial charge in [-0.25, -0.2) is 9.78 Å². The molecule has 2 aromatic heterocycles. The molecule has 0 atom stereocenters. The van der Waals surface area contributed by atoms with Crippen LogP contribution in [0.2, 0.25) is 0 Å². The molecular weight excluding hydrogens is 282 g/mol. The summed E-state index contributed by atoms with van der Waals surface area (Å²) in [4.78, 5) is 31.3. The fourth-order valence-corrected chi connectivity index (χ4v) is 2.87. The first-order valence-corrected chi connectivity index (χ1v) is 7.38. The average molecular weight is 299 g/mol. The van der Waals surface area contributed by atoms with Gasteiger partial charge in [0.15, 0.2) is 5.65 Å². The Morgan fingerprint density at radius 1 is 1.32 bits per heavy atom. The maximum Gasteiger partial charge on any atom is 0.331 e. The van der Waals surface area contributed by atoms with Crippen LogP contribution in [0.3, 0.4) is 0 Å². The normalized spacial score (nSPS) is 18.8. The minimum atomic E-state index is -0.308. The van der Waals surface area contributed by atoms with Crippen LogP contribution < -0.4 is 10.6 Å². The minimum Gasteiger partial charge on any atom is -0.325 e. The van der Waals surface area contributed by atoms with Crippen molar-refractivity contribution >= 4 is 23.3 Å². The molecule has 0 unspecified atom stereocenters. The maximum absolute atomic E-state index is 12.3. The number of hydrogen-bond acceptors (Lipinski definition) is 4. The number of amides is 3. The standard InChI is InChI=1S/C15H17N5O2/c1-18-13(21)8-20(15(18)22)12-4-10(9-2-3-9)6-19-7-11(5-16)17-14(12)19/h4,6-7,9H,2-3,5,8,16H2,1H3. The van der Waals surface area contributed by atoms with Crippen molar-refractivity contribution < 1.29 is 9.59 Å². The number of likely N-dealkylation sites (N-methyl/N-ethyl adjacent to an activating group) is 1. The summed E-state index contributed by atoms with van der Waals surface area (Å²) in [6.07, 6.45) is 6.26. The van der Waals surface area contributed by atoms with Crippen molar-refractivity contribution in [3.63, 3.8) is 0 Å². The highest BCUT2D eigenvalue weighted by Gasteiger charge is 2.36. The molecule has 114 valence electrons. The molecule has 2 fully saturated rings. The van der Waals surface area contributed by atoms with E-state index in [0.717, 1.165) is 23.4 Å². The molecule has 1 saturated heterocycles. The van der Waals surface area contributed by atoms with Gasteiger partial charge in [-0.05, 0) is 30.4 Å². The second-order valence-corrected chi connectivity index (χ2v) is 5.92. The van der Waals surface area contributed by atoms with E-state index < -0.39 is 0 Å². The van der Waals surface area contributed by atoms with Gasteiger partial charge >= 0.3 is 6.03 Å². The van der Waals surface area contributed by atoms with Gasteiger partial charge in [-0.3, -0.25) is 14.6 Å². The molecule has 0 aromatic carbocycles. The zero-order chi connectivity index (χ0) is 15.4. The van der Waals surface area contributed by atoms with Crippen LogP contribution in [0.1, 0.15) is 30.0 Å². The van der Waals surface area contributed by atoms with Crippen LogP contribution in [0.5, 0.6) is 0 Å². The van der Waals surface area contributed by atoms with Crippen molar-refractivity contribution in [3.8, 4) is 0 Å². The molecule has 2 aliphatic rings. The lowest BCUT2D eigenvalue weighted by atomic mass is 10.1. The molecule has 2 aromatic rings. The topological polar surface area (TPSA) is 83.9 Å². The van der Waals surface area contributed by atoms with E-state index >= 15 is 0 Å². The molecular formula is C15H17N5O2. The van der Waals surface area contributed by atoms with Gasteiger partial charge in [-0.2, -0.15) is 0 Å². The smallest absolute Gasteiger partial charge is 0.325 e. The largest absolute Gasteiger partial charge is 0.331 e. The molecule has 7 heteroatoms. The number of rotatable bonds is 3. The molecule has 2 N–H and O–H groups in total. The van der Waals surface area contributed by atoms with Crippen molar-refractivity contribution in [2.24, 2.45) is 5.73 Å². The van der Waals surface area contributed by atoms with E-state index in [-0.39, 0.29) is 18.5 Å². The Kier molecular flexibility index (Phi) is 2.74. The first-order valence-electron chi connectivity index (χ1n) is 7.38. The highest BCUT2D eigenvalue weighted by molar-refractivity contribution is 6.13. The quantitative estimate of drug-likeness (QED) is 0.859. The number of carbonyl (C=O) groups excluding carboxylic acids is 2. The fraction of sp³-hybridized carbons (Fsp3) is 0.400. The van der Waals surface area contributed by atoms with E-state index in [1.165, 1.54) is 17.5 Å². The number of nitrogens with two attached hydrogens (primary N) is 1. The van der Waals surface area contributed by atoms with Crippen LogP contribution in [0, 0.1) is 0 Å². The van der Waals surface area contributed by atoms with E-state index in [0.29, 0.717) is 23.8 Å². The van der Waals surface area contributed by atoms with Crippen molar-refractivity contribution in [3.05, 3.63) is 29.7 Å². The van der Waals surface area contributed by atoms with Gasteiger partial charge in [-0.15, -0.1) is 0 Å². The molecule has 0 bridgehead atoms. The Morgan fingerprint density at radius 3 is 2.68 bits per heavy atom. The lowest BCUT2D eigenvalue weighted by Gasteiger charge is -2.17. The van der Waals surface area contributed by atoms with Crippen LogP contribution in [0.25, 0.3) is 5.65 Å². The third-order valence-electron chi connectivity index (χ3n) is 4.34. The van der Waals surface area contributed by atoms with Gasteiger partial charge < -0.3 is 10.1 Å². The van der Waals surface area contributed by atoms with Gasteiger partial charge in [0, 0.05) is 26.0 Å². The number of aromatic nitrogens is 2. The lowest BCUT2D eigenvalue weighted by Crippen LogP contribution is -2.30. The summed E-state index contributed by atoms with van der Waals surface area (Å²) in [5, 5.41) is 0. The number of pyridine rings is 1. The van der Waals surface area contributed by atoms with Crippen molar-refractivity contribution in [2.75, 3.05) is 18.5 Å². The second kappa shape index (κ2) is 4.54. The van der Waals surface area contributed by atoms with Crippen molar-refractivity contribution in [1.29, 1.82) is 0 Å². The van der Waals surface area contributed by atoms with Crippen molar-refractivity contribution in [2.45, 2.75) is 25.3 Å². The monoisotopic (exact) mass is 299 g/mol. The number of urea groups is 1. The van der Waals surface area contributed by atoms with E-state index in [1.807, 2.05) is 16.7 Å². The summed E-state index contributed by atoms with van der Waals surface area (Å²) in [7, 11) is 1.50. The molecule has 22 heavy (non-hydrogen) atoms. The minimum absolute atomic E-state index is 0.0595. The molecule has 7 nitrogen and oxygen atoms in total.